The van der Waals surface area contributed by atoms with Gasteiger partial charge in [-0.25, -0.2) is 0 Å². The molecule has 132 valence electrons. The van der Waals surface area contributed by atoms with E-state index in [1.165, 1.54) is 15.8 Å². The predicted octanol–water partition coefficient (Wildman–Crippen LogP) is 4.52. The van der Waals surface area contributed by atoms with E-state index in [1.807, 2.05) is 24.5 Å². The van der Waals surface area contributed by atoms with Gasteiger partial charge in [0.1, 0.15) is 6.20 Å². The molecule has 2 aromatic heterocycles. The van der Waals surface area contributed by atoms with Crippen LogP contribution in [0.5, 0.6) is 0 Å². The van der Waals surface area contributed by atoms with Crippen molar-refractivity contribution in [3.63, 3.8) is 0 Å². The van der Waals surface area contributed by atoms with Crippen LogP contribution in [0.25, 0.3) is 26.9 Å². The van der Waals surface area contributed by atoms with Crippen LogP contribution in [0, 0.1) is 0 Å². The molecule has 0 atom stereocenters. The fourth-order valence-corrected chi connectivity index (χ4v) is 4.48. The summed E-state index contributed by atoms with van der Waals surface area (Å²) in [5.74, 6) is 0. The average molecular weight is 392 g/mol. The van der Waals surface area contributed by atoms with Gasteiger partial charge >= 0.3 is 6.18 Å². The zero-order chi connectivity index (χ0) is 18.3. The van der Waals surface area contributed by atoms with E-state index in [-0.39, 0.29) is 5.57 Å². The number of allylic oxidation sites excluding steroid dienone is 1. The molecule has 3 heterocycles. The molecule has 0 saturated heterocycles. The number of halogens is 3. The van der Waals surface area contributed by atoms with Gasteiger partial charge in [0.25, 0.3) is 0 Å². The highest BCUT2D eigenvalue weighted by Gasteiger charge is 2.42. The van der Waals surface area contributed by atoms with Gasteiger partial charge in [-0.05, 0) is 42.2 Å². The number of quaternary nitrogens is 1. The van der Waals surface area contributed by atoms with Crippen molar-refractivity contribution < 1.29 is 18.6 Å². The van der Waals surface area contributed by atoms with Gasteiger partial charge < -0.3 is 0 Å². The smallest absolute Gasteiger partial charge is 0.256 e. The van der Waals surface area contributed by atoms with Crippen LogP contribution < -0.4 is 5.43 Å². The van der Waals surface area contributed by atoms with Gasteiger partial charge in [0.2, 0.25) is 5.71 Å². The summed E-state index contributed by atoms with van der Waals surface area (Å²) in [6.45, 7) is 0. The molecule has 8 heteroatoms. The molecule has 1 aliphatic rings. The Bertz CT molecular complexity index is 1050. The summed E-state index contributed by atoms with van der Waals surface area (Å²) in [4.78, 5) is 5.41. The van der Waals surface area contributed by atoms with Crippen LogP contribution in [0.1, 0.15) is 5.56 Å². The first-order valence-corrected chi connectivity index (χ1v) is 9.74. The Balaban J connectivity index is 1.85. The van der Waals surface area contributed by atoms with E-state index in [2.05, 4.69) is 10.1 Å². The number of benzene rings is 1. The number of alkyl halides is 3. The summed E-state index contributed by atoms with van der Waals surface area (Å²) in [7, 11) is 0. The minimum atomic E-state index is -4.48. The third kappa shape index (κ3) is 3.04. The van der Waals surface area contributed by atoms with Crippen LogP contribution in [0.4, 0.5) is 13.2 Å². The summed E-state index contributed by atoms with van der Waals surface area (Å²) in [5.41, 5.74) is 2.62. The molecular formula is C18H13F3N3S2+. The van der Waals surface area contributed by atoms with E-state index in [4.69, 9.17) is 0 Å². The first-order chi connectivity index (χ1) is 12.5. The molecule has 0 fully saturated rings. The summed E-state index contributed by atoms with van der Waals surface area (Å²) < 4.78 is 40.8. The molecule has 26 heavy (non-hydrogen) atoms. The Morgan fingerprint density at radius 2 is 1.96 bits per heavy atom. The number of nitrogens with two attached hydrogens (primary N) is 1. The molecule has 3 nitrogen and oxygen atoms in total. The van der Waals surface area contributed by atoms with Gasteiger partial charge in [0.15, 0.2) is 0 Å². The fraction of sp³-hybridized carbons (Fsp3) is 0.111. The molecule has 3 aromatic rings. The van der Waals surface area contributed by atoms with Gasteiger partial charge in [-0.15, -0.1) is 23.1 Å². The maximum absolute atomic E-state index is 13.2. The van der Waals surface area contributed by atoms with Crippen LogP contribution >= 0.6 is 23.1 Å². The van der Waals surface area contributed by atoms with Crippen molar-refractivity contribution in [2.45, 2.75) is 10.4 Å². The van der Waals surface area contributed by atoms with Crippen molar-refractivity contribution in [2.24, 2.45) is 5.10 Å². The van der Waals surface area contributed by atoms with Crippen LogP contribution in [0.3, 0.4) is 0 Å². The van der Waals surface area contributed by atoms with Crippen molar-refractivity contribution in [3.8, 4) is 10.4 Å². The number of nitrogens with zero attached hydrogens (tertiary/aromatic N) is 2. The van der Waals surface area contributed by atoms with Gasteiger partial charge in [-0.1, -0.05) is 11.2 Å². The van der Waals surface area contributed by atoms with Crippen molar-refractivity contribution in [1.29, 1.82) is 0 Å². The fourth-order valence-electron chi connectivity index (χ4n) is 2.90. The minimum Gasteiger partial charge on any atom is -0.256 e. The molecule has 0 unspecified atom stereocenters. The third-order valence-corrected chi connectivity index (χ3v) is 6.27. The Labute approximate surface area is 155 Å². The number of fused-ring (bicyclic) bond motifs is 1. The molecule has 1 aromatic carbocycles. The van der Waals surface area contributed by atoms with E-state index in [0.29, 0.717) is 5.56 Å². The number of hydrogen-bond acceptors (Lipinski definition) is 4. The van der Waals surface area contributed by atoms with Crippen LogP contribution in [0.15, 0.2) is 58.1 Å². The van der Waals surface area contributed by atoms with Gasteiger partial charge in [0.05, 0.1) is 15.3 Å². The molecule has 0 saturated carbocycles. The maximum atomic E-state index is 13.2. The van der Waals surface area contributed by atoms with Gasteiger partial charge in [0, 0.05) is 22.0 Å². The van der Waals surface area contributed by atoms with E-state index < -0.39 is 11.9 Å². The second-order valence-electron chi connectivity index (χ2n) is 5.62. The highest BCUT2D eigenvalue weighted by Crippen LogP contribution is 2.37. The Morgan fingerprint density at radius 3 is 2.69 bits per heavy atom. The van der Waals surface area contributed by atoms with Crippen molar-refractivity contribution in [2.75, 3.05) is 6.26 Å². The summed E-state index contributed by atoms with van der Waals surface area (Å²) in [6, 6.07) is 11.2. The molecule has 2 N–H and O–H groups in total. The van der Waals surface area contributed by atoms with Crippen molar-refractivity contribution in [3.05, 3.63) is 54.4 Å². The van der Waals surface area contributed by atoms with E-state index >= 15 is 0 Å². The predicted molar refractivity (Wildman–Crippen MR) is 100 cm³/mol. The summed E-state index contributed by atoms with van der Waals surface area (Å²) in [5, 5.41) is 4.33. The number of pyridine rings is 1. The van der Waals surface area contributed by atoms with Gasteiger partial charge in [-0.2, -0.15) is 18.6 Å². The molecular weight excluding hydrogens is 379 g/mol. The lowest BCUT2D eigenvalue weighted by Crippen LogP contribution is -2.69. The molecule has 4 rings (SSSR count). The lowest BCUT2D eigenvalue weighted by molar-refractivity contribution is -0.590. The maximum Gasteiger partial charge on any atom is 0.439 e. The third-order valence-electron chi connectivity index (χ3n) is 4.07. The number of aromatic nitrogens is 1. The second-order valence-corrected chi connectivity index (χ2v) is 7.81. The SMILES string of the molecule is CSc1ccc(-c2ccnc3ccc(C4=C[NH2+]N=C4C(F)(F)F)cc23)s1. The van der Waals surface area contributed by atoms with Crippen molar-refractivity contribution >= 4 is 45.3 Å². The minimum absolute atomic E-state index is 0.0881. The first kappa shape index (κ1) is 17.3. The highest BCUT2D eigenvalue weighted by atomic mass is 32.2. The Kier molecular flexibility index (Phi) is 4.34. The molecule has 0 bridgehead atoms. The van der Waals surface area contributed by atoms with Crippen LogP contribution in [0.2, 0.25) is 0 Å². The zero-order valence-corrected chi connectivity index (χ0v) is 15.2. The Morgan fingerprint density at radius 1 is 1.12 bits per heavy atom. The topological polar surface area (TPSA) is 41.9 Å². The van der Waals surface area contributed by atoms with E-state index in [9.17, 15) is 13.2 Å². The van der Waals surface area contributed by atoms with Crippen LogP contribution in [-0.4, -0.2) is 23.1 Å². The summed E-state index contributed by atoms with van der Waals surface area (Å²) >= 11 is 3.32. The number of thiophene rings is 1. The molecule has 0 radical (unpaired) electrons. The monoisotopic (exact) mass is 392 g/mol. The average Bonchev–Trinajstić information content (AvgIpc) is 3.29. The lowest BCUT2D eigenvalue weighted by Gasteiger charge is -2.10. The summed E-state index contributed by atoms with van der Waals surface area (Å²) in [6.07, 6.45) is 0.657. The number of rotatable bonds is 3. The second kappa shape index (κ2) is 6.53. The van der Waals surface area contributed by atoms with Crippen molar-refractivity contribution in [1.82, 2.24) is 4.98 Å². The molecule has 0 spiro atoms. The normalized spacial score (nSPS) is 14.6. The number of thioether (sulfide) groups is 1. The largest absolute Gasteiger partial charge is 0.439 e. The number of hydrogen-bond donors (Lipinski definition) is 1. The quantitative estimate of drug-likeness (QED) is 0.526. The van der Waals surface area contributed by atoms with E-state index in [1.54, 1.807) is 47.5 Å². The molecule has 0 amide bonds. The molecule has 0 aliphatic carbocycles. The standard InChI is InChI=1S/C18H12F3N3S2/c1-25-16-5-4-15(26-16)11-6-7-22-14-3-2-10(8-12(11)14)13-9-23-24-17(13)18(19,20)21/h2-9H,1H3,(H,23,24)/p+1. The zero-order valence-electron chi connectivity index (χ0n) is 13.5. The highest BCUT2D eigenvalue weighted by molar-refractivity contribution is 8.00. The van der Waals surface area contributed by atoms with E-state index in [0.717, 1.165) is 21.3 Å². The lowest BCUT2D eigenvalue weighted by atomic mass is 9.98. The first-order valence-electron chi connectivity index (χ1n) is 7.69. The Hall–Kier alpha value is -2.16. The van der Waals surface area contributed by atoms with Crippen LogP contribution in [-0.2, 0) is 0 Å². The van der Waals surface area contributed by atoms with Gasteiger partial charge in [-0.3, -0.25) is 4.98 Å². The molecule has 1 aliphatic heterocycles.